The lowest BCUT2D eigenvalue weighted by Crippen LogP contribution is -2.25. The van der Waals surface area contributed by atoms with Gasteiger partial charge in [-0.25, -0.2) is 9.07 Å². The number of aliphatic hydroxyl groups excluding tert-OH is 1. The fourth-order valence-electron chi connectivity index (χ4n) is 5.45. The lowest BCUT2D eigenvalue weighted by molar-refractivity contribution is 0.0823. The SMILES string of the molecule is O[C@@H](CCc1ccccc1)[C@H]1CCCC2=Cc3c(cnn3-c3ccc(F)cc3)C[C@H]2CC1. The number of fused-ring (bicyclic) bond motifs is 2. The molecule has 3 aromatic rings. The number of nitrogens with zero attached hydrogens (tertiary/aromatic N) is 2. The fraction of sp³-hybridized carbons (Fsp3) is 0.393. The lowest BCUT2D eigenvalue weighted by atomic mass is 9.75. The summed E-state index contributed by atoms with van der Waals surface area (Å²) < 4.78 is 15.3. The van der Waals surface area contributed by atoms with Crippen LogP contribution in [-0.2, 0) is 12.8 Å². The maximum absolute atomic E-state index is 13.3. The van der Waals surface area contributed by atoms with E-state index in [0.717, 1.165) is 62.7 Å². The molecule has 1 saturated carbocycles. The van der Waals surface area contributed by atoms with E-state index in [1.54, 1.807) is 12.1 Å². The van der Waals surface area contributed by atoms with E-state index in [0.29, 0.717) is 11.8 Å². The van der Waals surface area contributed by atoms with Crippen LogP contribution in [0.4, 0.5) is 4.39 Å². The largest absolute Gasteiger partial charge is 0.393 e. The van der Waals surface area contributed by atoms with E-state index < -0.39 is 0 Å². The van der Waals surface area contributed by atoms with Gasteiger partial charge in [0.05, 0.1) is 23.7 Å². The molecular weight excluding hydrogens is 399 g/mol. The van der Waals surface area contributed by atoms with Gasteiger partial charge < -0.3 is 5.11 Å². The summed E-state index contributed by atoms with van der Waals surface area (Å²) in [5.74, 6) is 0.704. The van der Waals surface area contributed by atoms with Crippen molar-refractivity contribution < 1.29 is 9.50 Å². The van der Waals surface area contributed by atoms with Crippen molar-refractivity contribution in [2.24, 2.45) is 11.8 Å². The third kappa shape index (κ3) is 4.56. The minimum Gasteiger partial charge on any atom is -0.393 e. The Kier molecular flexibility index (Phi) is 6.22. The maximum Gasteiger partial charge on any atom is 0.123 e. The Morgan fingerprint density at radius 1 is 1.03 bits per heavy atom. The summed E-state index contributed by atoms with van der Waals surface area (Å²) in [5.41, 5.74) is 6.13. The number of benzene rings is 2. The third-order valence-electron chi connectivity index (χ3n) is 7.31. The van der Waals surface area contributed by atoms with Gasteiger partial charge in [0.2, 0.25) is 0 Å². The van der Waals surface area contributed by atoms with Gasteiger partial charge in [-0.3, -0.25) is 0 Å². The molecule has 2 aliphatic carbocycles. The van der Waals surface area contributed by atoms with E-state index in [9.17, 15) is 9.50 Å². The topological polar surface area (TPSA) is 38.1 Å². The van der Waals surface area contributed by atoms with Crippen molar-refractivity contribution in [3.05, 3.63) is 89.0 Å². The number of aliphatic hydroxyl groups is 1. The highest BCUT2D eigenvalue weighted by Gasteiger charge is 2.29. The molecule has 166 valence electrons. The minimum absolute atomic E-state index is 0.221. The quantitative estimate of drug-likeness (QED) is 0.528. The highest BCUT2D eigenvalue weighted by atomic mass is 19.1. The predicted molar refractivity (Wildman–Crippen MR) is 126 cm³/mol. The van der Waals surface area contributed by atoms with Crippen molar-refractivity contribution in [2.75, 3.05) is 0 Å². The highest BCUT2D eigenvalue weighted by Crippen LogP contribution is 2.39. The normalized spacial score (nSPS) is 21.6. The molecule has 2 aromatic carbocycles. The number of allylic oxidation sites excluding steroid dienone is 1. The van der Waals surface area contributed by atoms with Crippen LogP contribution in [0.3, 0.4) is 0 Å². The number of halogens is 1. The van der Waals surface area contributed by atoms with Crippen molar-refractivity contribution >= 4 is 6.08 Å². The van der Waals surface area contributed by atoms with Crippen LogP contribution in [0.25, 0.3) is 11.8 Å². The fourth-order valence-corrected chi connectivity index (χ4v) is 5.45. The molecule has 5 rings (SSSR count). The standard InChI is InChI=1S/C28H31FN2O/c29-25-12-14-26(15-13-25)31-27-18-22-8-4-7-21(10-11-23(22)17-24(27)19-30-31)28(32)16-9-20-5-2-1-3-6-20/h1-3,5-6,12-15,18-19,21,23,28,32H,4,7-11,16-17H2/t21-,23+,28-/m0/s1. The van der Waals surface area contributed by atoms with Gasteiger partial charge >= 0.3 is 0 Å². The molecule has 3 atom stereocenters. The molecule has 32 heavy (non-hydrogen) atoms. The van der Waals surface area contributed by atoms with E-state index in [1.807, 2.05) is 16.9 Å². The third-order valence-corrected chi connectivity index (χ3v) is 7.31. The Morgan fingerprint density at radius 2 is 1.84 bits per heavy atom. The molecule has 0 unspecified atom stereocenters. The van der Waals surface area contributed by atoms with Crippen LogP contribution in [0.5, 0.6) is 0 Å². The smallest absolute Gasteiger partial charge is 0.123 e. The number of aryl methyl sites for hydroxylation is 1. The molecule has 0 bridgehead atoms. The Morgan fingerprint density at radius 3 is 2.66 bits per heavy atom. The average Bonchev–Trinajstić information content (AvgIpc) is 3.21. The van der Waals surface area contributed by atoms with E-state index >= 15 is 0 Å². The molecule has 1 aromatic heterocycles. The first-order valence-corrected chi connectivity index (χ1v) is 11.9. The molecule has 1 N–H and O–H groups in total. The first-order valence-electron chi connectivity index (χ1n) is 11.9. The van der Waals surface area contributed by atoms with Crippen LogP contribution < -0.4 is 0 Å². The van der Waals surface area contributed by atoms with E-state index in [1.165, 1.54) is 28.8 Å². The van der Waals surface area contributed by atoms with E-state index in [2.05, 4.69) is 35.4 Å². The molecular formula is C28H31FN2O. The van der Waals surface area contributed by atoms with Gasteiger partial charge in [0.15, 0.2) is 0 Å². The van der Waals surface area contributed by atoms with Gasteiger partial charge in [-0.05, 0) is 105 Å². The Bertz CT molecular complexity index is 1070. The molecule has 0 radical (unpaired) electrons. The summed E-state index contributed by atoms with van der Waals surface area (Å²) in [6.07, 6.45) is 12.4. The van der Waals surface area contributed by atoms with E-state index in [-0.39, 0.29) is 11.9 Å². The van der Waals surface area contributed by atoms with Crippen molar-refractivity contribution in [1.82, 2.24) is 9.78 Å². The molecule has 1 fully saturated rings. The highest BCUT2D eigenvalue weighted by molar-refractivity contribution is 5.59. The summed E-state index contributed by atoms with van der Waals surface area (Å²) in [4.78, 5) is 0. The molecule has 0 spiro atoms. The van der Waals surface area contributed by atoms with Gasteiger partial charge in [-0.1, -0.05) is 35.9 Å². The van der Waals surface area contributed by atoms with Crippen molar-refractivity contribution in [2.45, 2.75) is 57.5 Å². The van der Waals surface area contributed by atoms with Crippen LogP contribution in [0.2, 0.25) is 0 Å². The second kappa shape index (κ2) is 9.41. The van der Waals surface area contributed by atoms with Gasteiger partial charge in [0, 0.05) is 0 Å². The number of hydrogen-bond donors (Lipinski definition) is 1. The van der Waals surface area contributed by atoms with Gasteiger partial charge in [0.25, 0.3) is 0 Å². The molecule has 0 amide bonds. The molecule has 3 nitrogen and oxygen atoms in total. The zero-order valence-electron chi connectivity index (χ0n) is 18.5. The zero-order chi connectivity index (χ0) is 21.9. The molecule has 0 aliphatic heterocycles. The minimum atomic E-state index is -0.228. The summed E-state index contributed by atoms with van der Waals surface area (Å²) in [6.45, 7) is 0. The lowest BCUT2D eigenvalue weighted by Gasteiger charge is -2.32. The van der Waals surface area contributed by atoms with Crippen LogP contribution in [0, 0.1) is 17.7 Å². The second-order valence-electron chi connectivity index (χ2n) is 9.38. The van der Waals surface area contributed by atoms with Crippen LogP contribution in [0.15, 0.2) is 66.4 Å². The van der Waals surface area contributed by atoms with Crippen molar-refractivity contribution in [1.29, 1.82) is 0 Å². The number of aromatic nitrogens is 2. The van der Waals surface area contributed by atoms with E-state index in [4.69, 9.17) is 0 Å². The first-order chi connectivity index (χ1) is 15.7. The Labute approximate surface area is 189 Å². The summed E-state index contributed by atoms with van der Waals surface area (Å²) >= 11 is 0. The Hall–Kier alpha value is -2.72. The second-order valence-corrected chi connectivity index (χ2v) is 9.38. The molecule has 1 heterocycles. The molecule has 0 saturated heterocycles. The number of rotatable bonds is 5. The summed E-state index contributed by atoms with van der Waals surface area (Å²) in [5, 5.41) is 15.5. The monoisotopic (exact) mass is 430 g/mol. The van der Waals surface area contributed by atoms with Gasteiger partial charge in [-0.15, -0.1) is 0 Å². The number of hydrogen-bond acceptors (Lipinski definition) is 2. The van der Waals surface area contributed by atoms with Crippen LogP contribution in [-0.4, -0.2) is 21.0 Å². The summed E-state index contributed by atoms with van der Waals surface area (Å²) in [7, 11) is 0. The van der Waals surface area contributed by atoms with Crippen molar-refractivity contribution in [3.8, 4) is 5.69 Å². The maximum atomic E-state index is 13.3. The first kappa shape index (κ1) is 21.1. The molecule has 4 heteroatoms. The average molecular weight is 431 g/mol. The Balaban J connectivity index is 1.25. The molecule has 2 aliphatic rings. The van der Waals surface area contributed by atoms with Gasteiger partial charge in [0.1, 0.15) is 5.82 Å². The summed E-state index contributed by atoms with van der Waals surface area (Å²) in [6, 6.07) is 17.0. The predicted octanol–water partition coefficient (Wildman–Crippen LogP) is 6.14. The van der Waals surface area contributed by atoms with Crippen LogP contribution in [0.1, 0.15) is 55.3 Å². The zero-order valence-corrected chi connectivity index (χ0v) is 18.5. The van der Waals surface area contributed by atoms with Crippen molar-refractivity contribution in [3.63, 3.8) is 0 Å². The van der Waals surface area contributed by atoms with Crippen LogP contribution >= 0.6 is 0 Å². The van der Waals surface area contributed by atoms with Gasteiger partial charge in [-0.2, -0.15) is 5.10 Å².